The van der Waals surface area contributed by atoms with Crippen molar-refractivity contribution in [1.82, 2.24) is 57.3 Å². The van der Waals surface area contributed by atoms with Gasteiger partial charge in [0.05, 0.1) is 42.3 Å². The average Bonchev–Trinajstić information content (AvgIpc) is 1.72. The van der Waals surface area contributed by atoms with E-state index in [4.69, 9.17) is 19.6 Å². The predicted molar refractivity (Wildman–Crippen MR) is 438 cm³/mol. The molecule has 11 atom stereocenters. The zero-order valence-corrected chi connectivity index (χ0v) is 70.5. The lowest BCUT2D eigenvalue weighted by atomic mass is 9.82. The number of carboxylic acid groups (broad SMARTS) is 5. The SMILES string of the molecule is CCCCCOCN(C(=O)[C@@H](CC(=O)C1CCCCN1C)C(C)CC)[C@H](C[C@@H](C)c1nc(C(=O)N[C@@H](Cc2ccc(O)cc2)C[C@H](C)C(=O)NCC(=O)OCCSSCC(NC(=O)[C@H](CC(=O)O)CC(=O)[C@H](CC(=O)O)NC(=O)Cc2ccc(CNC(=O)NCCCC[C@H](NC(=O)NCCCC(=O)O)C(=O)O)cc2)C(=O)O)cs1)C(C)C. The minimum Gasteiger partial charge on any atom is -0.508 e. The van der Waals surface area contributed by atoms with Gasteiger partial charge in [0.15, 0.2) is 11.6 Å². The normalized spacial score (nSPS) is 15.3. The predicted octanol–water partition coefficient (Wildman–Crippen LogP) is 7.28. The van der Waals surface area contributed by atoms with Crippen molar-refractivity contribution < 1.29 is 112 Å². The standard InChI is InChI=1S/C80H119N11O23S3/c1-9-11-16-32-113-47-91(76(106)58(49(5)10-2)41-66(94)63-19-13-15-31-90(63)8)64(48(3)4)36-51(7)75-88-61(45-115-75)74(105)85-56(37-52-25-27-57(92)28-26-52)35-50(6)72(103)83-44-71(102)114-33-34-116-117-46-62(78(109)110)87-73(104)55(40-69(98)99)39-65(93)60(42-70(100)101)86-67(95)38-53-21-23-54(24-22-53)43-84-79(111)81-29-14-12-18-59(77(107)108)89-80(112)82-30-17-20-68(96)97/h21-28,45,48-51,55-56,58-60,62-64,92H,9-20,29-44,46-47H2,1-8H3,(H,83,103)(H,85,105)(H,86,95)(H,87,104)(H,96,97)(H,98,99)(H,100,101)(H,107,108)(H,109,110)(H2,81,84,111)(H2,82,89,112)/t49?,50-,51+,55-,56+,58-,59-,60-,62?,63?,64+/m0/s1. The monoisotopic (exact) mass is 1700 g/mol. The fourth-order valence-corrected chi connectivity index (χ4v) is 15.9. The number of phenolic OH excluding ortho intramolecular Hbond substituents is 1. The lowest BCUT2D eigenvalue weighted by Crippen LogP contribution is -2.50. The molecule has 650 valence electrons. The molecule has 1 aromatic heterocycles. The highest BCUT2D eigenvalue weighted by molar-refractivity contribution is 8.76. The molecule has 117 heavy (non-hydrogen) atoms. The first-order chi connectivity index (χ1) is 55.6. The Morgan fingerprint density at radius 3 is 1.97 bits per heavy atom. The summed E-state index contributed by atoms with van der Waals surface area (Å²) < 4.78 is 11.5. The molecule has 0 radical (unpaired) electrons. The molecule has 37 heteroatoms. The number of piperidine rings is 1. The van der Waals surface area contributed by atoms with Crippen molar-refractivity contribution in [3.05, 3.63) is 81.3 Å². The number of ether oxygens (including phenoxy) is 2. The molecule has 14 N–H and O–H groups in total. The molecule has 0 aliphatic carbocycles. The van der Waals surface area contributed by atoms with Crippen molar-refractivity contribution in [1.29, 1.82) is 0 Å². The number of carbonyl (C=O) groups excluding carboxylic acids is 10. The second-order valence-electron chi connectivity index (χ2n) is 29.9. The fourth-order valence-electron chi connectivity index (χ4n) is 13.1. The number of hydrogen-bond acceptors (Lipinski definition) is 23. The molecular weight excluding hydrogens is 1580 g/mol. The molecule has 34 nitrogen and oxygen atoms in total. The Bertz CT molecular complexity index is 3740. The van der Waals surface area contributed by atoms with E-state index in [1.807, 2.05) is 32.7 Å². The molecule has 2 aromatic carbocycles. The number of carboxylic acids is 5. The number of thiazole rings is 1. The second-order valence-corrected chi connectivity index (χ2v) is 33.4. The van der Waals surface area contributed by atoms with Gasteiger partial charge in [0.25, 0.3) is 5.91 Å². The maximum atomic E-state index is 15.0. The van der Waals surface area contributed by atoms with E-state index in [2.05, 4.69) is 68.2 Å². The van der Waals surface area contributed by atoms with Gasteiger partial charge in [-0.05, 0) is 118 Å². The Labute approximate surface area is 694 Å². The van der Waals surface area contributed by atoms with Crippen LogP contribution in [0.4, 0.5) is 9.59 Å². The van der Waals surface area contributed by atoms with Crippen LogP contribution in [0.1, 0.15) is 202 Å². The smallest absolute Gasteiger partial charge is 0.327 e. The maximum absolute atomic E-state index is 15.0. The van der Waals surface area contributed by atoms with Gasteiger partial charge in [0.2, 0.25) is 23.6 Å². The lowest BCUT2D eigenvalue weighted by Gasteiger charge is -2.39. The number of aliphatic carboxylic acids is 5. The third-order valence-electron chi connectivity index (χ3n) is 20.0. The molecule has 0 spiro atoms. The number of carbonyl (C=O) groups is 15. The van der Waals surface area contributed by atoms with Gasteiger partial charge < -0.3 is 87.5 Å². The molecule has 3 unspecified atom stereocenters. The molecule has 0 saturated carbocycles. The first kappa shape index (κ1) is 99.9. The maximum Gasteiger partial charge on any atom is 0.327 e. The van der Waals surface area contributed by atoms with Crippen molar-refractivity contribution in [2.24, 2.45) is 29.6 Å². The number of benzene rings is 2. The van der Waals surface area contributed by atoms with Crippen molar-refractivity contribution in [3.63, 3.8) is 0 Å². The van der Waals surface area contributed by atoms with Crippen LogP contribution in [0.2, 0.25) is 0 Å². The van der Waals surface area contributed by atoms with Crippen molar-refractivity contribution in [2.45, 2.75) is 226 Å². The summed E-state index contributed by atoms with van der Waals surface area (Å²) in [6.45, 7) is 14.9. The summed E-state index contributed by atoms with van der Waals surface area (Å²) in [6, 6.07) is 5.57. The number of urea groups is 2. The van der Waals surface area contributed by atoms with Crippen molar-refractivity contribution in [3.8, 4) is 5.75 Å². The van der Waals surface area contributed by atoms with Gasteiger partial charge in [-0.15, -0.1) is 11.3 Å². The minimum absolute atomic E-state index is 0.0163. The highest BCUT2D eigenvalue weighted by Crippen LogP contribution is 2.33. The second kappa shape index (κ2) is 53.8. The number of amides is 9. The number of likely N-dealkylation sites (tertiary alicyclic amines) is 1. The van der Waals surface area contributed by atoms with Crippen LogP contribution in [0.5, 0.6) is 5.75 Å². The highest BCUT2D eigenvalue weighted by atomic mass is 33.1. The highest BCUT2D eigenvalue weighted by Gasteiger charge is 2.39. The van der Waals surface area contributed by atoms with Crippen LogP contribution in [0.3, 0.4) is 0 Å². The van der Waals surface area contributed by atoms with Gasteiger partial charge in [-0.1, -0.05) is 132 Å². The number of aromatic nitrogens is 1. The zero-order chi connectivity index (χ0) is 86.7. The molecule has 4 rings (SSSR count). The van der Waals surface area contributed by atoms with Gasteiger partial charge in [-0.3, -0.25) is 57.6 Å². The number of unbranched alkanes of at least 4 members (excludes halogenated alkanes) is 3. The van der Waals surface area contributed by atoms with Crippen molar-refractivity contribution >= 4 is 122 Å². The summed E-state index contributed by atoms with van der Waals surface area (Å²) in [6.07, 6.45) is 4.85. The third-order valence-corrected chi connectivity index (χ3v) is 23.5. The molecule has 0 bridgehead atoms. The first-order valence-electron chi connectivity index (χ1n) is 39.8. The topological polar surface area (TPSA) is 511 Å². The summed E-state index contributed by atoms with van der Waals surface area (Å²) >= 11 is 1.32. The molecule has 3 aromatic rings. The van der Waals surface area contributed by atoms with E-state index < -0.39 is 145 Å². The minimum atomic E-state index is -1.74. The number of esters is 1. The number of likely N-dealkylation sites (N-methyl/N-ethyl adjacent to an activating group) is 1. The van der Waals surface area contributed by atoms with E-state index in [9.17, 15) is 92.7 Å². The van der Waals surface area contributed by atoms with E-state index in [0.29, 0.717) is 48.4 Å². The van der Waals surface area contributed by atoms with E-state index in [-0.39, 0.29) is 142 Å². The van der Waals surface area contributed by atoms with Crippen LogP contribution in [0.25, 0.3) is 0 Å². The molecule has 1 saturated heterocycles. The Hall–Kier alpha value is -9.46. The number of phenols is 1. The lowest BCUT2D eigenvalue weighted by molar-refractivity contribution is -0.151. The largest absolute Gasteiger partial charge is 0.508 e. The zero-order valence-electron chi connectivity index (χ0n) is 68.0. The number of aromatic hydroxyl groups is 1. The van der Waals surface area contributed by atoms with Gasteiger partial charge in [0, 0.05) is 92.2 Å². The number of Topliss-reactive ketones (excluding diaryl/α,β-unsaturated/α-hetero) is 2. The summed E-state index contributed by atoms with van der Waals surface area (Å²) in [5.74, 6) is -15.2. The summed E-state index contributed by atoms with van der Waals surface area (Å²) in [5.41, 5.74) is 1.90. The van der Waals surface area contributed by atoms with Gasteiger partial charge in [-0.2, -0.15) is 0 Å². The summed E-state index contributed by atoms with van der Waals surface area (Å²) in [5, 5.41) is 80.1. The molecule has 9 amide bonds. The van der Waals surface area contributed by atoms with Crippen LogP contribution in [0, 0.1) is 29.6 Å². The number of nitrogens with zero attached hydrogens (tertiary/aromatic N) is 3. The quantitative estimate of drug-likeness (QED) is 0.0114. The fraction of sp³-hybridized carbons (Fsp3) is 0.625. The van der Waals surface area contributed by atoms with Crippen molar-refractivity contribution in [2.75, 3.05) is 64.7 Å². The Balaban J connectivity index is 1.26. The molecular formula is C80H119N11O23S3. The summed E-state index contributed by atoms with van der Waals surface area (Å²) in [7, 11) is 3.97. The molecule has 1 aliphatic heterocycles. The number of nitrogens with one attached hydrogen (secondary N) is 8. The van der Waals surface area contributed by atoms with Crippen LogP contribution >= 0.6 is 32.9 Å². The first-order valence-corrected chi connectivity index (χ1v) is 43.2. The Kier molecular flexibility index (Phi) is 45.9. The average molecular weight is 1700 g/mol. The van der Waals surface area contributed by atoms with E-state index >= 15 is 4.79 Å². The van der Waals surface area contributed by atoms with E-state index in [1.54, 1.807) is 36.6 Å². The Morgan fingerprint density at radius 1 is 0.658 bits per heavy atom. The van der Waals surface area contributed by atoms with Crippen LogP contribution in [-0.4, -0.2) is 235 Å². The number of hydrogen-bond donors (Lipinski definition) is 14. The van der Waals surface area contributed by atoms with E-state index in [1.165, 1.54) is 35.6 Å². The van der Waals surface area contributed by atoms with Crippen LogP contribution < -0.4 is 42.5 Å². The number of rotatable bonds is 58. The van der Waals surface area contributed by atoms with Gasteiger partial charge >= 0.3 is 47.9 Å². The Morgan fingerprint density at radius 2 is 1.32 bits per heavy atom. The van der Waals surface area contributed by atoms with Gasteiger partial charge in [-0.25, -0.2) is 24.2 Å². The van der Waals surface area contributed by atoms with Crippen LogP contribution in [-0.2, 0) is 86.4 Å². The molecule has 1 fully saturated rings. The van der Waals surface area contributed by atoms with E-state index in [0.717, 1.165) is 72.2 Å². The number of ketones is 2. The van der Waals surface area contributed by atoms with Crippen LogP contribution in [0.15, 0.2) is 53.9 Å². The third kappa shape index (κ3) is 38.7. The molecule has 1 aliphatic rings. The van der Waals surface area contributed by atoms with Gasteiger partial charge in [0.1, 0.15) is 43.4 Å². The molecule has 2 heterocycles. The summed E-state index contributed by atoms with van der Waals surface area (Å²) in [4.78, 5) is 202.